The second-order valence-electron chi connectivity index (χ2n) is 5.82. The van der Waals surface area contributed by atoms with Crippen molar-refractivity contribution >= 4 is 5.82 Å². The number of hydrogen-bond acceptors (Lipinski definition) is 4. The van der Waals surface area contributed by atoms with Gasteiger partial charge in [0, 0.05) is 18.0 Å². The largest absolute Gasteiger partial charge is 0.396 e. The first-order valence-electron chi connectivity index (χ1n) is 7.15. The van der Waals surface area contributed by atoms with Gasteiger partial charge in [0.1, 0.15) is 5.82 Å². The fraction of sp³-hybridized carbons (Fsp3) is 0.375. The van der Waals surface area contributed by atoms with Gasteiger partial charge in [-0.05, 0) is 24.3 Å². The van der Waals surface area contributed by atoms with Crippen LogP contribution >= 0.6 is 0 Å². The molecule has 3 N–H and O–H groups in total. The van der Waals surface area contributed by atoms with E-state index in [9.17, 15) is 9.90 Å². The van der Waals surface area contributed by atoms with Crippen LogP contribution in [0.2, 0.25) is 0 Å². The highest BCUT2D eigenvalue weighted by Crippen LogP contribution is 2.50. The van der Waals surface area contributed by atoms with E-state index in [1.165, 1.54) is 18.0 Å². The molecule has 1 fully saturated rings. The summed E-state index contributed by atoms with van der Waals surface area (Å²) in [6.07, 6.45) is 3.28. The van der Waals surface area contributed by atoms with Crippen molar-refractivity contribution in [2.45, 2.75) is 18.8 Å². The topological polar surface area (TPSA) is 78.0 Å². The van der Waals surface area contributed by atoms with Crippen LogP contribution in [0.25, 0.3) is 0 Å². The van der Waals surface area contributed by atoms with Crippen molar-refractivity contribution in [1.82, 2.24) is 9.97 Å². The number of nitrogens with one attached hydrogen (secondary N) is 2. The lowest BCUT2D eigenvalue weighted by atomic mass is 9.60. The quantitative estimate of drug-likeness (QED) is 0.782. The highest BCUT2D eigenvalue weighted by Gasteiger charge is 2.44. The Hall–Kier alpha value is -2.14. The standard InChI is InChI=1S/C16H19N3O2/c20-10-16(9-17-14-6-15(21)19-11-18-14)7-13(8-16)12-4-2-1-3-5-12/h1-6,11,13,20H,7-10H2,(H2,17,18,19,21). The maximum Gasteiger partial charge on any atom is 0.252 e. The third-order valence-electron chi connectivity index (χ3n) is 4.29. The van der Waals surface area contributed by atoms with Gasteiger partial charge < -0.3 is 15.4 Å². The van der Waals surface area contributed by atoms with Crippen LogP contribution in [0, 0.1) is 5.41 Å². The highest BCUT2D eigenvalue weighted by atomic mass is 16.3. The number of H-pyrrole nitrogens is 1. The zero-order chi connectivity index (χ0) is 14.7. The molecule has 0 unspecified atom stereocenters. The molecule has 110 valence electrons. The first kappa shape index (κ1) is 13.8. The van der Waals surface area contributed by atoms with Crippen molar-refractivity contribution in [3.8, 4) is 0 Å². The van der Waals surface area contributed by atoms with Crippen molar-refractivity contribution < 1.29 is 5.11 Å². The Bertz CT molecular complexity index is 648. The second-order valence-corrected chi connectivity index (χ2v) is 5.82. The molecule has 1 aliphatic carbocycles. The molecular weight excluding hydrogens is 266 g/mol. The number of hydrogen-bond donors (Lipinski definition) is 3. The van der Waals surface area contributed by atoms with E-state index in [1.807, 2.05) is 18.2 Å². The fourth-order valence-electron chi connectivity index (χ4n) is 3.02. The summed E-state index contributed by atoms with van der Waals surface area (Å²) in [6, 6.07) is 11.8. The van der Waals surface area contributed by atoms with Crippen LogP contribution in [0.1, 0.15) is 24.3 Å². The van der Waals surface area contributed by atoms with E-state index in [4.69, 9.17) is 0 Å². The Morgan fingerprint density at radius 2 is 2.10 bits per heavy atom. The fourth-order valence-corrected chi connectivity index (χ4v) is 3.02. The highest BCUT2D eigenvalue weighted by molar-refractivity contribution is 5.33. The molecule has 0 bridgehead atoms. The minimum absolute atomic E-state index is 0.120. The monoisotopic (exact) mass is 285 g/mol. The van der Waals surface area contributed by atoms with E-state index in [0.29, 0.717) is 18.3 Å². The van der Waals surface area contributed by atoms with Gasteiger partial charge in [0.15, 0.2) is 0 Å². The maximum atomic E-state index is 11.2. The average molecular weight is 285 g/mol. The molecule has 1 heterocycles. The molecule has 3 rings (SSSR count). The number of aromatic nitrogens is 2. The minimum Gasteiger partial charge on any atom is -0.396 e. The third kappa shape index (κ3) is 2.97. The molecule has 0 saturated heterocycles. The van der Waals surface area contributed by atoms with Crippen LogP contribution in [0.5, 0.6) is 0 Å². The predicted molar refractivity (Wildman–Crippen MR) is 81.3 cm³/mol. The van der Waals surface area contributed by atoms with Gasteiger partial charge in [-0.3, -0.25) is 4.79 Å². The summed E-state index contributed by atoms with van der Waals surface area (Å²) in [5.74, 6) is 1.06. The summed E-state index contributed by atoms with van der Waals surface area (Å²) in [5.41, 5.74) is 1.03. The molecule has 1 aromatic heterocycles. The molecule has 21 heavy (non-hydrogen) atoms. The molecule has 1 aromatic carbocycles. The Morgan fingerprint density at radius 1 is 1.33 bits per heavy atom. The molecule has 1 aliphatic rings. The molecule has 0 amide bonds. The van der Waals surface area contributed by atoms with Crippen molar-refractivity contribution in [3.05, 3.63) is 58.6 Å². The van der Waals surface area contributed by atoms with Gasteiger partial charge in [0.05, 0.1) is 12.9 Å². The predicted octanol–water partition coefficient (Wildman–Crippen LogP) is 1.74. The van der Waals surface area contributed by atoms with Gasteiger partial charge in [-0.25, -0.2) is 4.98 Å². The van der Waals surface area contributed by atoms with E-state index in [-0.39, 0.29) is 17.6 Å². The molecule has 5 heteroatoms. The molecule has 0 atom stereocenters. The number of rotatable bonds is 5. The van der Waals surface area contributed by atoms with Gasteiger partial charge >= 0.3 is 0 Å². The Kier molecular flexibility index (Phi) is 3.75. The van der Waals surface area contributed by atoms with Crippen molar-refractivity contribution in [2.24, 2.45) is 5.41 Å². The lowest BCUT2D eigenvalue weighted by molar-refractivity contribution is 0.0376. The van der Waals surface area contributed by atoms with Crippen LogP contribution in [0.15, 0.2) is 47.5 Å². The number of aliphatic hydroxyl groups is 1. The Morgan fingerprint density at radius 3 is 2.76 bits per heavy atom. The normalized spacial score (nSPS) is 24.3. The average Bonchev–Trinajstić information content (AvgIpc) is 2.48. The minimum atomic E-state index is -0.179. The summed E-state index contributed by atoms with van der Waals surface area (Å²) < 4.78 is 0. The van der Waals surface area contributed by atoms with Gasteiger partial charge in [0.2, 0.25) is 0 Å². The van der Waals surface area contributed by atoms with Crippen LogP contribution in [0.3, 0.4) is 0 Å². The molecule has 0 spiro atoms. The SMILES string of the molecule is O=c1cc(NCC2(CO)CC(c3ccccc3)C2)nc[nH]1. The number of aromatic amines is 1. The summed E-state index contributed by atoms with van der Waals surface area (Å²) >= 11 is 0. The summed E-state index contributed by atoms with van der Waals surface area (Å²) in [4.78, 5) is 17.8. The third-order valence-corrected chi connectivity index (χ3v) is 4.29. The van der Waals surface area contributed by atoms with Crippen molar-refractivity contribution in [1.29, 1.82) is 0 Å². The lowest BCUT2D eigenvalue weighted by Crippen LogP contribution is -2.44. The second kappa shape index (κ2) is 5.69. The van der Waals surface area contributed by atoms with Gasteiger partial charge in [0.25, 0.3) is 5.56 Å². The number of anilines is 1. The van der Waals surface area contributed by atoms with Crippen LogP contribution in [-0.2, 0) is 0 Å². The Balaban J connectivity index is 1.61. The van der Waals surface area contributed by atoms with Crippen LogP contribution < -0.4 is 10.9 Å². The number of aliphatic hydroxyl groups excluding tert-OH is 1. The molecular formula is C16H19N3O2. The maximum absolute atomic E-state index is 11.2. The van der Waals surface area contributed by atoms with E-state index >= 15 is 0 Å². The number of nitrogens with zero attached hydrogens (tertiary/aromatic N) is 1. The lowest BCUT2D eigenvalue weighted by Gasteiger charge is -2.47. The number of benzene rings is 1. The van der Waals surface area contributed by atoms with E-state index in [1.54, 1.807) is 0 Å². The van der Waals surface area contributed by atoms with Crippen molar-refractivity contribution in [2.75, 3.05) is 18.5 Å². The van der Waals surface area contributed by atoms with E-state index in [0.717, 1.165) is 12.8 Å². The molecule has 1 saturated carbocycles. The van der Waals surface area contributed by atoms with E-state index in [2.05, 4.69) is 27.4 Å². The summed E-state index contributed by atoms with van der Waals surface area (Å²) in [6.45, 7) is 0.774. The zero-order valence-electron chi connectivity index (χ0n) is 11.7. The van der Waals surface area contributed by atoms with Gasteiger partial charge in [-0.15, -0.1) is 0 Å². The van der Waals surface area contributed by atoms with Crippen LogP contribution in [0.4, 0.5) is 5.82 Å². The van der Waals surface area contributed by atoms with Crippen molar-refractivity contribution in [3.63, 3.8) is 0 Å². The molecule has 0 radical (unpaired) electrons. The zero-order valence-corrected chi connectivity index (χ0v) is 11.7. The van der Waals surface area contributed by atoms with Gasteiger partial charge in [-0.1, -0.05) is 30.3 Å². The first-order valence-corrected chi connectivity index (χ1v) is 7.15. The molecule has 0 aliphatic heterocycles. The molecule has 5 nitrogen and oxygen atoms in total. The Labute approximate surface area is 123 Å². The summed E-state index contributed by atoms with van der Waals surface area (Å²) in [7, 11) is 0. The van der Waals surface area contributed by atoms with E-state index < -0.39 is 0 Å². The van der Waals surface area contributed by atoms with Gasteiger partial charge in [-0.2, -0.15) is 0 Å². The smallest absolute Gasteiger partial charge is 0.252 e. The van der Waals surface area contributed by atoms with Crippen LogP contribution in [-0.4, -0.2) is 28.2 Å². The molecule has 2 aromatic rings. The first-order chi connectivity index (χ1) is 10.2. The summed E-state index contributed by atoms with van der Waals surface area (Å²) in [5, 5.41) is 12.9.